The molecule has 94 valence electrons. The molecule has 0 N–H and O–H groups in total. The Morgan fingerprint density at radius 2 is 2.18 bits per heavy atom. The normalized spacial score (nSPS) is 20.3. The van der Waals surface area contributed by atoms with E-state index in [9.17, 15) is 4.79 Å². The van der Waals surface area contributed by atoms with Crippen molar-refractivity contribution in [3.8, 4) is 0 Å². The standard InChI is InChI=1S/C13H20N2O2/c1-8(2)13(16)15-7-5-6-11(15)12-9(3)14-17-10(12)4/h8,11H,5-7H2,1-4H3/t11-/m0/s1. The van der Waals surface area contributed by atoms with Gasteiger partial charge >= 0.3 is 0 Å². The van der Waals surface area contributed by atoms with Crippen LogP contribution in [0, 0.1) is 19.8 Å². The van der Waals surface area contributed by atoms with E-state index in [1.165, 1.54) is 0 Å². The molecular weight excluding hydrogens is 216 g/mol. The van der Waals surface area contributed by atoms with Crippen molar-refractivity contribution in [1.82, 2.24) is 10.1 Å². The first-order valence-corrected chi connectivity index (χ1v) is 6.25. The Morgan fingerprint density at radius 3 is 2.71 bits per heavy atom. The summed E-state index contributed by atoms with van der Waals surface area (Å²) in [6.07, 6.45) is 2.08. The van der Waals surface area contributed by atoms with Gasteiger partial charge in [0.2, 0.25) is 5.91 Å². The van der Waals surface area contributed by atoms with Gasteiger partial charge in [0.15, 0.2) is 0 Å². The van der Waals surface area contributed by atoms with Gasteiger partial charge in [0.05, 0.1) is 11.7 Å². The highest BCUT2D eigenvalue weighted by molar-refractivity contribution is 5.79. The highest BCUT2D eigenvalue weighted by Crippen LogP contribution is 2.36. The van der Waals surface area contributed by atoms with Gasteiger partial charge in [-0.25, -0.2) is 0 Å². The summed E-state index contributed by atoms with van der Waals surface area (Å²) in [5, 5.41) is 3.99. The smallest absolute Gasteiger partial charge is 0.225 e. The summed E-state index contributed by atoms with van der Waals surface area (Å²) in [4.78, 5) is 14.1. The summed E-state index contributed by atoms with van der Waals surface area (Å²) in [5.74, 6) is 1.12. The Hall–Kier alpha value is -1.32. The minimum absolute atomic E-state index is 0.0519. The van der Waals surface area contributed by atoms with Gasteiger partial charge in [0.25, 0.3) is 0 Å². The molecule has 0 aromatic carbocycles. The van der Waals surface area contributed by atoms with Crippen molar-refractivity contribution < 1.29 is 9.32 Å². The van der Waals surface area contributed by atoms with Crippen molar-refractivity contribution in [2.75, 3.05) is 6.54 Å². The van der Waals surface area contributed by atoms with Crippen molar-refractivity contribution >= 4 is 5.91 Å². The summed E-state index contributed by atoms with van der Waals surface area (Å²) in [6.45, 7) is 8.62. The minimum Gasteiger partial charge on any atom is -0.361 e. The van der Waals surface area contributed by atoms with Gasteiger partial charge in [0, 0.05) is 18.0 Å². The second-order valence-corrected chi connectivity index (χ2v) is 5.08. The predicted molar refractivity (Wildman–Crippen MR) is 64.5 cm³/mol. The molecule has 0 aliphatic carbocycles. The Bertz CT molecular complexity index is 404. The number of hydrogen-bond acceptors (Lipinski definition) is 3. The van der Waals surface area contributed by atoms with Crippen LogP contribution in [-0.2, 0) is 4.79 Å². The minimum atomic E-state index is 0.0519. The number of carbonyl (C=O) groups excluding carboxylic acids is 1. The predicted octanol–water partition coefficient (Wildman–Crippen LogP) is 2.61. The van der Waals surface area contributed by atoms with Gasteiger partial charge in [-0.2, -0.15) is 0 Å². The third kappa shape index (κ3) is 2.08. The zero-order valence-corrected chi connectivity index (χ0v) is 11.0. The average Bonchev–Trinajstić information content (AvgIpc) is 2.84. The van der Waals surface area contributed by atoms with E-state index in [1.54, 1.807) is 0 Å². The fourth-order valence-corrected chi connectivity index (χ4v) is 2.63. The van der Waals surface area contributed by atoms with Crippen LogP contribution in [0.5, 0.6) is 0 Å². The van der Waals surface area contributed by atoms with E-state index in [2.05, 4.69) is 5.16 Å². The Kier molecular flexibility index (Phi) is 3.22. The second-order valence-electron chi connectivity index (χ2n) is 5.08. The van der Waals surface area contributed by atoms with Gasteiger partial charge in [-0.1, -0.05) is 19.0 Å². The fraction of sp³-hybridized carbons (Fsp3) is 0.692. The topological polar surface area (TPSA) is 46.3 Å². The zero-order valence-electron chi connectivity index (χ0n) is 11.0. The van der Waals surface area contributed by atoms with E-state index in [4.69, 9.17) is 4.52 Å². The van der Waals surface area contributed by atoms with Crippen molar-refractivity contribution in [1.29, 1.82) is 0 Å². The lowest BCUT2D eigenvalue weighted by molar-refractivity contribution is -0.135. The highest BCUT2D eigenvalue weighted by atomic mass is 16.5. The van der Waals surface area contributed by atoms with Crippen LogP contribution in [0.15, 0.2) is 4.52 Å². The van der Waals surface area contributed by atoms with Crippen molar-refractivity contribution in [3.05, 3.63) is 17.0 Å². The molecule has 0 radical (unpaired) electrons. The monoisotopic (exact) mass is 236 g/mol. The number of likely N-dealkylation sites (tertiary alicyclic amines) is 1. The number of rotatable bonds is 2. The third-order valence-corrected chi connectivity index (χ3v) is 3.45. The van der Waals surface area contributed by atoms with Crippen LogP contribution >= 0.6 is 0 Å². The molecule has 0 bridgehead atoms. The number of aromatic nitrogens is 1. The first-order chi connectivity index (χ1) is 8.02. The van der Waals surface area contributed by atoms with Crippen LogP contribution < -0.4 is 0 Å². The quantitative estimate of drug-likeness (QED) is 0.793. The van der Waals surface area contributed by atoms with E-state index >= 15 is 0 Å². The summed E-state index contributed by atoms with van der Waals surface area (Å²) < 4.78 is 5.21. The molecule has 2 rings (SSSR count). The maximum Gasteiger partial charge on any atom is 0.225 e. The van der Waals surface area contributed by atoms with Crippen molar-refractivity contribution in [2.45, 2.75) is 46.6 Å². The Labute approximate surface area is 102 Å². The van der Waals surface area contributed by atoms with E-state index in [0.717, 1.165) is 36.4 Å². The van der Waals surface area contributed by atoms with E-state index < -0.39 is 0 Å². The molecule has 1 aliphatic rings. The lowest BCUT2D eigenvalue weighted by Crippen LogP contribution is -2.34. The summed E-state index contributed by atoms with van der Waals surface area (Å²) >= 11 is 0. The number of aryl methyl sites for hydroxylation is 2. The van der Waals surface area contributed by atoms with Crippen LogP contribution in [0.1, 0.15) is 49.7 Å². The van der Waals surface area contributed by atoms with Gasteiger partial charge in [-0.3, -0.25) is 4.79 Å². The first kappa shape index (κ1) is 12.1. The molecule has 4 heteroatoms. The van der Waals surface area contributed by atoms with Gasteiger partial charge < -0.3 is 9.42 Å². The Balaban J connectivity index is 2.29. The molecule has 17 heavy (non-hydrogen) atoms. The van der Waals surface area contributed by atoms with Crippen LogP contribution in [0.25, 0.3) is 0 Å². The Morgan fingerprint density at radius 1 is 1.47 bits per heavy atom. The van der Waals surface area contributed by atoms with E-state index in [0.29, 0.717) is 0 Å². The second kappa shape index (κ2) is 4.51. The van der Waals surface area contributed by atoms with E-state index in [-0.39, 0.29) is 17.9 Å². The molecule has 1 aliphatic heterocycles. The molecule has 1 aromatic heterocycles. The number of carbonyl (C=O) groups is 1. The number of nitrogens with zero attached hydrogens (tertiary/aromatic N) is 2. The fourth-order valence-electron chi connectivity index (χ4n) is 2.63. The van der Waals surface area contributed by atoms with Crippen LogP contribution in [-0.4, -0.2) is 22.5 Å². The van der Waals surface area contributed by atoms with Gasteiger partial charge in [-0.05, 0) is 26.7 Å². The molecule has 1 aromatic rings. The first-order valence-electron chi connectivity index (χ1n) is 6.25. The molecule has 0 unspecified atom stereocenters. The summed E-state index contributed by atoms with van der Waals surface area (Å²) in [5.41, 5.74) is 2.02. The lowest BCUT2D eigenvalue weighted by atomic mass is 10.0. The molecule has 1 amide bonds. The molecule has 1 atom stereocenters. The SMILES string of the molecule is Cc1noc(C)c1[C@@H]1CCCN1C(=O)C(C)C. The maximum atomic E-state index is 12.1. The summed E-state index contributed by atoms with van der Waals surface area (Å²) in [6, 6.07) is 0.163. The molecule has 4 nitrogen and oxygen atoms in total. The van der Waals surface area contributed by atoms with Crippen molar-refractivity contribution in [3.63, 3.8) is 0 Å². The molecule has 1 fully saturated rings. The van der Waals surface area contributed by atoms with Crippen molar-refractivity contribution in [2.24, 2.45) is 5.92 Å². The van der Waals surface area contributed by atoms with Crippen LogP contribution in [0.3, 0.4) is 0 Å². The lowest BCUT2D eigenvalue weighted by Gasteiger charge is -2.26. The molecule has 0 spiro atoms. The highest BCUT2D eigenvalue weighted by Gasteiger charge is 2.34. The number of hydrogen-bond donors (Lipinski definition) is 0. The zero-order chi connectivity index (χ0) is 12.6. The molecular formula is C13H20N2O2. The largest absolute Gasteiger partial charge is 0.361 e. The molecule has 1 saturated heterocycles. The van der Waals surface area contributed by atoms with Crippen LogP contribution in [0.2, 0.25) is 0 Å². The van der Waals surface area contributed by atoms with Gasteiger partial charge in [-0.15, -0.1) is 0 Å². The summed E-state index contributed by atoms with van der Waals surface area (Å²) in [7, 11) is 0. The van der Waals surface area contributed by atoms with Gasteiger partial charge in [0.1, 0.15) is 5.76 Å². The maximum absolute atomic E-state index is 12.1. The number of amides is 1. The molecule has 0 saturated carbocycles. The third-order valence-electron chi connectivity index (χ3n) is 3.45. The molecule has 2 heterocycles. The average molecular weight is 236 g/mol. The van der Waals surface area contributed by atoms with E-state index in [1.807, 2.05) is 32.6 Å². The van der Waals surface area contributed by atoms with Crippen LogP contribution in [0.4, 0.5) is 0 Å².